The van der Waals surface area contributed by atoms with Gasteiger partial charge in [0.2, 0.25) is 0 Å². The predicted octanol–water partition coefficient (Wildman–Crippen LogP) is 3.80. The van der Waals surface area contributed by atoms with Gasteiger partial charge >= 0.3 is 0 Å². The highest BCUT2D eigenvalue weighted by Crippen LogP contribution is 2.29. The zero-order chi connectivity index (χ0) is 15.6. The molecule has 0 amide bonds. The highest BCUT2D eigenvalue weighted by molar-refractivity contribution is 5.27. The van der Waals surface area contributed by atoms with Crippen molar-refractivity contribution in [1.29, 1.82) is 0 Å². The van der Waals surface area contributed by atoms with Gasteiger partial charge < -0.3 is 5.32 Å². The van der Waals surface area contributed by atoms with E-state index in [9.17, 15) is 8.78 Å². The number of benzene rings is 1. The van der Waals surface area contributed by atoms with E-state index in [2.05, 4.69) is 24.1 Å². The van der Waals surface area contributed by atoms with Gasteiger partial charge in [0, 0.05) is 36.8 Å². The fourth-order valence-corrected chi connectivity index (χ4v) is 3.18. The van der Waals surface area contributed by atoms with Gasteiger partial charge in [-0.1, -0.05) is 13.8 Å². The Morgan fingerprint density at radius 3 is 2.57 bits per heavy atom. The molecule has 0 bridgehead atoms. The molecule has 0 saturated carbocycles. The van der Waals surface area contributed by atoms with Crippen molar-refractivity contribution in [2.45, 2.75) is 58.7 Å². The van der Waals surface area contributed by atoms with Crippen molar-refractivity contribution >= 4 is 0 Å². The monoisotopic (exact) mass is 296 g/mol. The maximum Gasteiger partial charge on any atom is 0.128 e. The number of piperazine rings is 1. The van der Waals surface area contributed by atoms with E-state index in [1.54, 1.807) is 6.92 Å². The molecule has 1 saturated heterocycles. The second kappa shape index (κ2) is 6.84. The van der Waals surface area contributed by atoms with Gasteiger partial charge in [-0.3, -0.25) is 4.90 Å². The minimum atomic E-state index is -0.325. The molecule has 0 aromatic heterocycles. The third-order valence-electron chi connectivity index (χ3n) is 4.73. The summed E-state index contributed by atoms with van der Waals surface area (Å²) < 4.78 is 28.0. The first-order valence-electron chi connectivity index (χ1n) is 7.92. The SMILES string of the molecule is CCC1CN(C(C)c2cc(F)c(C)cc2F)C(CC)CN1. The predicted molar refractivity (Wildman–Crippen MR) is 82.4 cm³/mol. The summed E-state index contributed by atoms with van der Waals surface area (Å²) in [6.45, 7) is 9.66. The van der Waals surface area contributed by atoms with Gasteiger partial charge in [0.15, 0.2) is 0 Å². The smallest absolute Gasteiger partial charge is 0.128 e. The van der Waals surface area contributed by atoms with Crippen LogP contribution in [0.4, 0.5) is 8.78 Å². The third-order valence-corrected chi connectivity index (χ3v) is 4.73. The van der Waals surface area contributed by atoms with E-state index in [-0.39, 0.29) is 17.7 Å². The molecule has 118 valence electrons. The molecule has 2 nitrogen and oxygen atoms in total. The molecule has 3 atom stereocenters. The van der Waals surface area contributed by atoms with Crippen LogP contribution in [-0.2, 0) is 0 Å². The summed E-state index contributed by atoms with van der Waals surface area (Å²) in [7, 11) is 0. The maximum atomic E-state index is 14.2. The Labute approximate surface area is 126 Å². The average Bonchev–Trinajstić information content (AvgIpc) is 2.49. The van der Waals surface area contributed by atoms with Crippen LogP contribution in [0.2, 0.25) is 0 Å². The van der Waals surface area contributed by atoms with Crippen LogP contribution >= 0.6 is 0 Å². The fraction of sp³-hybridized carbons (Fsp3) is 0.647. The van der Waals surface area contributed by atoms with Gasteiger partial charge in [0.25, 0.3) is 0 Å². The van der Waals surface area contributed by atoms with E-state index in [4.69, 9.17) is 0 Å². The summed E-state index contributed by atoms with van der Waals surface area (Å²) in [5.41, 5.74) is 0.829. The van der Waals surface area contributed by atoms with Crippen molar-refractivity contribution in [2.75, 3.05) is 13.1 Å². The van der Waals surface area contributed by atoms with Crippen molar-refractivity contribution < 1.29 is 8.78 Å². The Kier molecular flexibility index (Phi) is 5.33. The Hall–Kier alpha value is -1.00. The highest BCUT2D eigenvalue weighted by atomic mass is 19.1. The van der Waals surface area contributed by atoms with Crippen LogP contribution < -0.4 is 5.32 Å². The van der Waals surface area contributed by atoms with Crippen molar-refractivity contribution in [3.05, 3.63) is 34.9 Å². The molecule has 1 heterocycles. The first-order chi connectivity index (χ1) is 9.97. The third kappa shape index (κ3) is 3.43. The fourth-order valence-electron chi connectivity index (χ4n) is 3.18. The molecule has 2 rings (SSSR count). The van der Waals surface area contributed by atoms with Crippen LogP contribution in [0.1, 0.15) is 50.8 Å². The van der Waals surface area contributed by atoms with E-state index in [1.165, 1.54) is 12.1 Å². The molecule has 3 unspecified atom stereocenters. The molecular formula is C17H26F2N2. The van der Waals surface area contributed by atoms with Gasteiger partial charge in [0.1, 0.15) is 11.6 Å². The topological polar surface area (TPSA) is 15.3 Å². The normalized spacial score (nSPS) is 25.0. The highest BCUT2D eigenvalue weighted by Gasteiger charge is 2.31. The van der Waals surface area contributed by atoms with Gasteiger partial charge in [-0.25, -0.2) is 8.78 Å². The zero-order valence-corrected chi connectivity index (χ0v) is 13.4. The van der Waals surface area contributed by atoms with Crippen molar-refractivity contribution in [1.82, 2.24) is 10.2 Å². The van der Waals surface area contributed by atoms with E-state index in [0.29, 0.717) is 23.2 Å². The molecule has 0 radical (unpaired) electrons. The summed E-state index contributed by atoms with van der Waals surface area (Å²) in [4.78, 5) is 2.32. The molecule has 1 aromatic rings. The summed E-state index contributed by atoms with van der Waals surface area (Å²) >= 11 is 0. The van der Waals surface area contributed by atoms with Crippen LogP contribution in [0.15, 0.2) is 12.1 Å². The Morgan fingerprint density at radius 1 is 1.24 bits per heavy atom. The van der Waals surface area contributed by atoms with Crippen LogP contribution in [0.5, 0.6) is 0 Å². The molecular weight excluding hydrogens is 270 g/mol. The largest absolute Gasteiger partial charge is 0.311 e. The molecule has 1 aliphatic rings. The van der Waals surface area contributed by atoms with E-state index < -0.39 is 0 Å². The van der Waals surface area contributed by atoms with Crippen LogP contribution in [0.25, 0.3) is 0 Å². The number of aryl methyl sites for hydroxylation is 1. The van der Waals surface area contributed by atoms with E-state index in [1.807, 2.05) is 6.92 Å². The lowest BCUT2D eigenvalue weighted by atomic mass is 9.97. The van der Waals surface area contributed by atoms with Crippen LogP contribution in [-0.4, -0.2) is 30.1 Å². The van der Waals surface area contributed by atoms with Crippen molar-refractivity contribution in [3.63, 3.8) is 0 Å². The van der Waals surface area contributed by atoms with Gasteiger partial charge in [0.05, 0.1) is 0 Å². The molecule has 4 heteroatoms. The number of hydrogen-bond acceptors (Lipinski definition) is 2. The van der Waals surface area contributed by atoms with E-state index >= 15 is 0 Å². The van der Waals surface area contributed by atoms with Crippen molar-refractivity contribution in [3.8, 4) is 0 Å². The summed E-state index contributed by atoms with van der Waals surface area (Å²) in [6, 6.07) is 3.36. The maximum absolute atomic E-state index is 14.2. The zero-order valence-electron chi connectivity index (χ0n) is 13.4. The number of halogens is 2. The molecule has 1 aromatic carbocycles. The second-order valence-corrected chi connectivity index (χ2v) is 6.07. The van der Waals surface area contributed by atoms with Crippen molar-refractivity contribution in [2.24, 2.45) is 0 Å². The Bertz CT molecular complexity index is 490. The average molecular weight is 296 g/mol. The quantitative estimate of drug-likeness (QED) is 0.909. The van der Waals surface area contributed by atoms with Crippen LogP contribution in [0.3, 0.4) is 0 Å². The van der Waals surface area contributed by atoms with Crippen LogP contribution in [0, 0.1) is 18.6 Å². The summed E-state index contributed by atoms with van der Waals surface area (Å²) in [6.07, 6.45) is 2.05. The standard InChI is InChI=1S/C17H26F2N2/c1-5-13-10-21(14(6-2)9-20-13)12(4)15-8-16(18)11(3)7-17(15)19/h7-8,12-14,20H,5-6,9-10H2,1-4H3. The lowest BCUT2D eigenvalue weighted by Crippen LogP contribution is -2.56. The van der Waals surface area contributed by atoms with Gasteiger partial charge in [-0.2, -0.15) is 0 Å². The number of nitrogens with zero attached hydrogens (tertiary/aromatic N) is 1. The van der Waals surface area contributed by atoms with Gasteiger partial charge in [-0.15, -0.1) is 0 Å². The second-order valence-electron chi connectivity index (χ2n) is 6.07. The number of hydrogen-bond donors (Lipinski definition) is 1. The van der Waals surface area contributed by atoms with Gasteiger partial charge in [-0.05, 0) is 44.4 Å². The Balaban J connectivity index is 2.27. The lowest BCUT2D eigenvalue weighted by Gasteiger charge is -2.43. The first-order valence-corrected chi connectivity index (χ1v) is 7.92. The molecule has 1 N–H and O–H groups in total. The summed E-state index contributed by atoms with van der Waals surface area (Å²) in [5.74, 6) is -0.628. The minimum absolute atomic E-state index is 0.110. The number of rotatable bonds is 4. The molecule has 0 aliphatic carbocycles. The summed E-state index contributed by atoms with van der Waals surface area (Å²) in [5, 5.41) is 3.53. The minimum Gasteiger partial charge on any atom is -0.311 e. The molecule has 0 spiro atoms. The lowest BCUT2D eigenvalue weighted by molar-refractivity contribution is 0.0832. The number of nitrogens with one attached hydrogen (secondary N) is 1. The molecule has 21 heavy (non-hydrogen) atoms. The first kappa shape index (κ1) is 16.4. The molecule has 1 aliphatic heterocycles. The van der Waals surface area contributed by atoms with E-state index in [0.717, 1.165) is 25.9 Å². The molecule has 1 fully saturated rings. The Morgan fingerprint density at radius 2 is 1.95 bits per heavy atom.